The van der Waals surface area contributed by atoms with Crippen molar-refractivity contribution < 1.29 is 4.74 Å². The van der Waals surface area contributed by atoms with E-state index in [1.807, 2.05) is 0 Å². The lowest BCUT2D eigenvalue weighted by Gasteiger charge is -2.32. The van der Waals surface area contributed by atoms with E-state index in [1.54, 1.807) is 0 Å². The molecule has 1 aliphatic rings. The molecular weight excluding hydrogens is 125 g/mol. The van der Waals surface area contributed by atoms with Gasteiger partial charge in [0.15, 0.2) is 7.98 Å². The van der Waals surface area contributed by atoms with Crippen LogP contribution in [0, 0.1) is 5.92 Å². The summed E-state index contributed by atoms with van der Waals surface area (Å²) in [5.74, 6) is 0.655. The maximum Gasteiger partial charge on any atom is 0.185 e. The van der Waals surface area contributed by atoms with E-state index in [1.165, 1.54) is 0 Å². The first-order chi connectivity index (χ1) is 4.70. The minimum Gasteiger partial charge on any atom is -0.375 e. The number of rotatable bonds is 1. The third-order valence-corrected chi connectivity index (χ3v) is 2.04. The van der Waals surface area contributed by atoms with Gasteiger partial charge in [0.1, 0.15) is 0 Å². The third-order valence-electron chi connectivity index (χ3n) is 2.04. The second-order valence-electron chi connectivity index (χ2n) is 3.42. The molecule has 0 saturated carbocycles. The Morgan fingerprint density at radius 3 is 2.70 bits per heavy atom. The number of hydrogen-bond acceptors (Lipinski definition) is 2. The third kappa shape index (κ3) is 1.99. The molecule has 0 bridgehead atoms. The van der Waals surface area contributed by atoms with Crippen molar-refractivity contribution in [2.24, 2.45) is 5.92 Å². The highest BCUT2D eigenvalue weighted by Crippen LogP contribution is 2.10. The number of morpholine rings is 1. The summed E-state index contributed by atoms with van der Waals surface area (Å²) in [5, 5.41) is 0. The van der Waals surface area contributed by atoms with Crippen LogP contribution in [-0.2, 0) is 4.74 Å². The summed E-state index contributed by atoms with van der Waals surface area (Å²) < 4.78 is 5.57. The minimum absolute atomic E-state index is 0.457. The average molecular weight is 141 g/mol. The fourth-order valence-electron chi connectivity index (χ4n) is 1.21. The Balaban J connectivity index is 2.32. The number of nitrogens with zero attached hydrogens (tertiary/aromatic N) is 1. The van der Waals surface area contributed by atoms with Crippen molar-refractivity contribution in [3.8, 4) is 0 Å². The van der Waals surface area contributed by atoms with Crippen molar-refractivity contribution in [1.82, 2.24) is 4.81 Å². The van der Waals surface area contributed by atoms with Gasteiger partial charge in [-0.1, -0.05) is 13.8 Å². The summed E-state index contributed by atoms with van der Waals surface area (Å²) in [6.45, 7) is 7.51. The number of hydrogen-bond donors (Lipinski definition) is 0. The lowest BCUT2D eigenvalue weighted by Crippen LogP contribution is -2.43. The molecule has 0 aromatic rings. The molecule has 0 spiro atoms. The predicted molar refractivity (Wildman–Crippen MR) is 44.7 cm³/mol. The van der Waals surface area contributed by atoms with Gasteiger partial charge in [-0.25, -0.2) is 0 Å². The van der Waals surface area contributed by atoms with Crippen molar-refractivity contribution >= 4 is 7.98 Å². The van der Waals surface area contributed by atoms with Crippen LogP contribution in [0.2, 0.25) is 0 Å². The van der Waals surface area contributed by atoms with Gasteiger partial charge < -0.3 is 9.55 Å². The van der Waals surface area contributed by atoms with Crippen LogP contribution in [0.5, 0.6) is 0 Å². The molecule has 0 aliphatic carbocycles. The maximum absolute atomic E-state index is 5.57. The van der Waals surface area contributed by atoms with Crippen LogP contribution in [0.3, 0.4) is 0 Å². The maximum atomic E-state index is 5.57. The summed E-state index contributed by atoms with van der Waals surface area (Å²) in [6.07, 6.45) is 0.457. The smallest absolute Gasteiger partial charge is 0.185 e. The van der Waals surface area contributed by atoms with Gasteiger partial charge in [0.25, 0.3) is 0 Å². The van der Waals surface area contributed by atoms with E-state index in [4.69, 9.17) is 4.74 Å². The highest BCUT2D eigenvalue weighted by atomic mass is 16.5. The average Bonchev–Trinajstić information content (AvgIpc) is 1.88. The molecule has 1 unspecified atom stereocenters. The standard InChI is InChI=1S/C7H16BNO/c1-6(2)7-5-9(8)3-4-10-7/h6-7H,3-5,8H2,1-2H3. The Morgan fingerprint density at radius 1 is 1.60 bits per heavy atom. The second-order valence-corrected chi connectivity index (χ2v) is 3.42. The second kappa shape index (κ2) is 3.40. The lowest BCUT2D eigenvalue weighted by atomic mass is 10.0. The molecule has 0 amide bonds. The molecule has 0 N–H and O–H groups in total. The summed E-state index contributed by atoms with van der Waals surface area (Å²) in [6, 6.07) is 0. The molecule has 1 atom stereocenters. The van der Waals surface area contributed by atoms with Crippen molar-refractivity contribution in [2.75, 3.05) is 19.7 Å². The summed E-state index contributed by atoms with van der Waals surface area (Å²) in [4.78, 5) is 2.33. The largest absolute Gasteiger partial charge is 0.375 e. The first-order valence-electron chi connectivity index (χ1n) is 4.00. The van der Waals surface area contributed by atoms with Crippen LogP contribution in [0.15, 0.2) is 0 Å². The van der Waals surface area contributed by atoms with Crippen LogP contribution in [0.1, 0.15) is 13.8 Å². The molecule has 1 heterocycles. The highest BCUT2D eigenvalue weighted by molar-refractivity contribution is 6.04. The summed E-state index contributed by atoms with van der Waals surface area (Å²) in [5.41, 5.74) is 0. The van der Waals surface area contributed by atoms with Crippen LogP contribution in [0.4, 0.5) is 0 Å². The van der Waals surface area contributed by atoms with E-state index in [0.29, 0.717) is 12.0 Å². The van der Waals surface area contributed by atoms with Crippen LogP contribution >= 0.6 is 0 Å². The molecule has 1 aliphatic heterocycles. The Morgan fingerprint density at radius 2 is 2.30 bits per heavy atom. The topological polar surface area (TPSA) is 12.5 Å². The van der Waals surface area contributed by atoms with Gasteiger partial charge >= 0.3 is 0 Å². The van der Waals surface area contributed by atoms with Crippen LogP contribution < -0.4 is 0 Å². The molecule has 0 radical (unpaired) electrons. The fraction of sp³-hybridized carbons (Fsp3) is 1.00. The van der Waals surface area contributed by atoms with Gasteiger partial charge in [0.2, 0.25) is 0 Å². The quantitative estimate of drug-likeness (QED) is 0.472. The van der Waals surface area contributed by atoms with E-state index in [2.05, 4.69) is 26.6 Å². The van der Waals surface area contributed by atoms with Crippen LogP contribution in [0.25, 0.3) is 0 Å². The van der Waals surface area contributed by atoms with Gasteiger partial charge in [-0.15, -0.1) is 0 Å². The molecule has 0 aromatic heterocycles. The zero-order valence-corrected chi connectivity index (χ0v) is 7.13. The lowest BCUT2D eigenvalue weighted by molar-refractivity contribution is -0.0261. The first kappa shape index (κ1) is 8.09. The minimum atomic E-state index is 0.457. The Bertz CT molecular complexity index is 108. The molecule has 3 heteroatoms. The van der Waals surface area contributed by atoms with Crippen molar-refractivity contribution in [3.63, 3.8) is 0 Å². The molecule has 1 fully saturated rings. The normalized spacial score (nSPS) is 29.3. The molecule has 1 saturated heterocycles. The predicted octanol–water partition coefficient (Wildman–Crippen LogP) is -0.109. The molecule has 1 rings (SSSR count). The zero-order chi connectivity index (χ0) is 7.56. The Kier molecular flexibility index (Phi) is 2.75. The van der Waals surface area contributed by atoms with E-state index < -0.39 is 0 Å². The molecule has 58 valence electrons. The molecule has 10 heavy (non-hydrogen) atoms. The Hall–Kier alpha value is -0.0151. The highest BCUT2D eigenvalue weighted by Gasteiger charge is 2.19. The summed E-state index contributed by atoms with van der Waals surface area (Å²) >= 11 is 0. The van der Waals surface area contributed by atoms with Crippen LogP contribution in [-0.4, -0.2) is 38.6 Å². The summed E-state index contributed by atoms with van der Waals surface area (Å²) in [7, 11) is 2.15. The van der Waals surface area contributed by atoms with Crippen molar-refractivity contribution in [3.05, 3.63) is 0 Å². The van der Waals surface area contributed by atoms with Gasteiger partial charge in [-0.2, -0.15) is 0 Å². The van der Waals surface area contributed by atoms with Gasteiger partial charge in [-0.3, -0.25) is 0 Å². The van der Waals surface area contributed by atoms with Crippen molar-refractivity contribution in [2.45, 2.75) is 20.0 Å². The molecular formula is C7H16BNO. The number of ether oxygens (including phenoxy) is 1. The van der Waals surface area contributed by atoms with E-state index in [9.17, 15) is 0 Å². The SMILES string of the molecule is BN1CCOC(C(C)C)C1. The van der Waals surface area contributed by atoms with E-state index in [0.717, 1.165) is 19.7 Å². The van der Waals surface area contributed by atoms with Crippen molar-refractivity contribution in [1.29, 1.82) is 0 Å². The Labute approximate surface area is 64.0 Å². The zero-order valence-electron chi connectivity index (χ0n) is 7.13. The first-order valence-corrected chi connectivity index (χ1v) is 4.00. The van der Waals surface area contributed by atoms with E-state index in [-0.39, 0.29) is 0 Å². The van der Waals surface area contributed by atoms with E-state index >= 15 is 0 Å². The van der Waals surface area contributed by atoms with Gasteiger partial charge in [0.05, 0.1) is 12.7 Å². The monoisotopic (exact) mass is 141 g/mol. The molecule has 0 aromatic carbocycles. The van der Waals surface area contributed by atoms with Gasteiger partial charge in [-0.05, 0) is 5.92 Å². The fourth-order valence-corrected chi connectivity index (χ4v) is 1.21. The van der Waals surface area contributed by atoms with Gasteiger partial charge in [0, 0.05) is 13.1 Å². The molecule has 2 nitrogen and oxygen atoms in total.